The Hall–Kier alpha value is -2.58. The van der Waals surface area contributed by atoms with Gasteiger partial charge in [0.1, 0.15) is 49.4 Å². The van der Waals surface area contributed by atoms with Gasteiger partial charge < -0.3 is 43.4 Å². The summed E-state index contributed by atoms with van der Waals surface area (Å²) in [5.74, 6) is 1.99. The van der Waals surface area contributed by atoms with Gasteiger partial charge in [-0.25, -0.2) is 18.3 Å². The van der Waals surface area contributed by atoms with Crippen molar-refractivity contribution in [3.8, 4) is 11.5 Å². The van der Waals surface area contributed by atoms with E-state index in [-0.39, 0.29) is 34.0 Å². The van der Waals surface area contributed by atoms with Gasteiger partial charge in [-0.3, -0.25) is 0 Å². The number of aromatic nitrogens is 4. The summed E-state index contributed by atoms with van der Waals surface area (Å²) in [5, 5.41) is 0. The molecule has 0 aliphatic heterocycles. The van der Waals surface area contributed by atoms with E-state index in [1.54, 1.807) is 0 Å². The Kier molecular flexibility index (Phi) is 33.8. The third-order valence-corrected chi connectivity index (χ3v) is 12.2. The van der Waals surface area contributed by atoms with Crippen molar-refractivity contribution >= 4 is 0 Å². The van der Waals surface area contributed by atoms with E-state index in [1.165, 1.54) is 178 Å². The Morgan fingerprint density at radius 2 is 0.661 bits per heavy atom. The van der Waals surface area contributed by atoms with E-state index in [0.29, 0.717) is 0 Å². The molecule has 2 aromatic carbocycles. The molecule has 0 N–H and O–H groups in total. The summed E-state index contributed by atoms with van der Waals surface area (Å²) in [6, 6.07) is 17.4. The van der Waals surface area contributed by atoms with Gasteiger partial charge in [-0.15, -0.1) is 0 Å². The summed E-state index contributed by atoms with van der Waals surface area (Å²) in [6.45, 7) is 10.2. The molecule has 4 aromatic rings. The minimum atomic E-state index is 0. The van der Waals surface area contributed by atoms with Gasteiger partial charge in [0.2, 0.25) is 12.7 Å². The van der Waals surface area contributed by atoms with E-state index >= 15 is 0 Å². The van der Waals surface area contributed by atoms with Crippen molar-refractivity contribution in [2.45, 2.75) is 220 Å². The smallest absolute Gasteiger partial charge is 0.244 e. The molecule has 0 spiro atoms. The van der Waals surface area contributed by atoms with E-state index in [0.717, 1.165) is 63.7 Å². The molecular formula is C54H88Br2N4O2. The van der Waals surface area contributed by atoms with Gasteiger partial charge in [0, 0.05) is 0 Å². The molecule has 0 radical (unpaired) electrons. The Bertz CT molecular complexity index is 1450. The zero-order valence-corrected chi connectivity index (χ0v) is 42.7. The number of benzene rings is 2. The molecule has 0 aliphatic carbocycles. The summed E-state index contributed by atoms with van der Waals surface area (Å²) in [7, 11) is 0. The molecule has 0 fully saturated rings. The first-order chi connectivity index (χ1) is 29.7. The third kappa shape index (κ3) is 26.9. The van der Waals surface area contributed by atoms with Crippen LogP contribution in [0.4, 0.5) is 0 Å². The van der Waals surface area contributed by atoms with Gasteiger partial charge in [-0.05, 0) is 73.9 Å². The van der Waals surface area contributed by atoms with Crippen molar-refractivity contribution in [3.63, 3.8) is 0 Å². The van der Waals surface area contributed by atoms with Crippen LogP contribution in [0, 0.1) is 0 Å². The van der Waals surface area contributed by atoms with Crippen LogP contribution in [-0.4, -0.2) is 22.3 Å². The monoisotopic (exact) mass is 983 g/mol. The van der Waals surface area contributed by atoms with Gasteiger partial charge in [0.15, 0.2) is 0 Å². The molecule has 2 heterocycles. The van der Waals surface area contributed by atoms with Crippen LogP contribution >= 0.6 is 0 Å². The van der Waals surface area contributed by atoms with Crippen LogP contribution in [0.15, 0.2) is 86.0 Å². The highest BCUT2D eigenvalue weighted by Crippen LogP contribution is 2.17. The summed E-state index contributed by atoms with van der Waals surface area (Å²) >= 11 is 0. The number of ether oxygens (including phenoxy) is 2. The summed E-state index contributed by atoms with van der Waals surface area (Å²) in [4.78, 5) is 0. The Balaban J connectivity index is 0.00000661. The molecule has 0 saturated carbocycles. The number of hydrogen-bond donors (Lipinski definition) is 0. The quantitative estimate of drug-likeness (QED) is 0.0333. The molecule has 0 amide bonds. The zero-order chi connectivity index (χ0) is 42.0. The number of aryl methyl sites for hydroxylation is 2. The summed E-state index contributed by atoms with van der Waals surface area (Å²) < 4.78 is 21.3. The van der Waals surface area contributed by atoms with Crippen LogP contribution in [0.1, 0.15) is 205 Å². The molecule has 6 nitrogen and oxygen atoms in total. The van der Waals surface area contributed by atoms with Crippen LogP contribution in [0.25, 0.3) is 0 Å². The molecule has 0 saturated heterocycles. The molecule has 0 atom stereocenters. The maximum Gasteiger partial charge on any atom is 0.244 e. The average Bonchev–Trinajstić information content (AvgIpc) is 3.92. The van der Waals surface area contributed by atoms with Crippen LogP contribution in [0.5, 0.6) is 11.5 Å². The maximum absolute atomic E-state index is 6.04. The van der Waals surface area contributed by atoms with E-state index in [2.05, 4.69) is 118 Å². The van der Waals surface area contributed by atoms with Crippen molar-refractivity contribution in [2.75, 3.05) is 13.2 Å². The highest BCUT2D eigenvalue weighted by Gasteiger charge is 2.08. The normalized spacial score (nSPS) is 11.1. The molecule has 350 valence electrons. The topological polar surface area (TPSA) is 36.1 Å². The Morgan fingerprint density at radius 3 is 0.984 bits per heavy atom. The fourth-order valence-corrected chi connectivity index (χ4v) is 8.34. The van der Waals surface area contributed by atoms with Crippen LogP contribution in [0.2, 0.25) is 0 Å². The molecule has 2 aromatic heterocycles. The first kappa shape index (κ1) is 55.6. The van der Waals surface area contributed by atoms with Gasteiger partial charge in [-0.1, -0.05) is 179 Å². The van der Waals surface area contributed by atoms with Gasteiger partial charge in [-0.2, -0.15) is 0 Å². The number of nitrogens with zero attached hydrogens (tertiary/aromatic N) is 4. The molecule has 0 unspecified atom stereocenters. The first-order valence-corrected chi connectivity index (χ1v) is 25.2. The highest BCUT2D eigenvalue weighted by molar-refractivity contribution is 5.27. The second kappa shape index (κ2) is 37.8. The molecule has 62 heavy (non-hydrogen) atoms. The second-order valence-electron chi connectivity index (χ2n) is 17.8. The SMILES string of the molecule is CCCCCCCCCCCCCCOc1ccc(C[n+]2ccn(CCCCCCn3cc[n+](Cc4ccc(OCCCCCCCCCCCCCC)cc4)c3)c2)cc1.[Br-].[Br-]. The molecular weight excluding hydrogens is 896 g/mol. The predicted octanol–water partition coefficient (Wildman–Crippen LogP) is 8.39. The van der Waals surface area contributed by atoms with Crippen molar-refractivity contribution in [2.24, 2.45) is 0 Å². The summed E-state index contributed by atoms with van der Waals surface area (Å²) in [5.41, 5.74) is 2.62. The number of halogens is 2. The van der Waals surface area contributed by atoms with Crippen molar-refractivity contribution < 1.29 is 52.6 Å². The van der Waals surface area contributed by atoms with Crippen molar-refractivity contribution in [3.05, 3.63) is 97.1 Å². The van der Waals surface area contributed by atoms with Crippen LogP contribution in [0.3, 0.4) is 0 Å². The number of hydrogen-bond acceptors (Lipinski definition) is 2. The van der Waals surface area contributed by atoms with E-state index in [1.807, 2.05) is 0 Å². The lowest BCUT2D eigenvalue weighted by molar-refractivity contribution is -0.688. The lowest BCUT2D eigenvalue weighted by Gasteiger charge is -2.07. The Morgan fingerprint density at radius 1 is 0.371 bits per heavy atom. The average molecular weight is 985 g/mol. The molecule has 0 aliphatic rings. The lowest BCUT2D eigenvalue weighted by Crippen LogP contribution is -3.00. The van der Waals surface area contributed by atoms with Crippen molar-refractivity contribution in [1.82, 2.24) is 9.13 Å². The van der Waals surface area contributed by atoms with Crippen LogP contribution in [-0.2, 0) is 26.2 Å². The first-order valence-electron chi connectivity index (χ1n) is 25.2. The van der Waals surface area contributed by atoms with Gasteiger partial charge >= 0.3 is 0 Å². The molecule has 0 bridgehead atoms. The summed E-state index contributed by atoms with van der Waals surface area (Å²) in [6.07, 6.45) is 51.2. The zero-order valence-electron chi connectivity index (χ0n) is 39.5. The largest absolute Gasteiger partial charge is 1.00 e. The maximum atomic E-state index is 6.04. The Labute approximate surface area is 401 Å². The highest BCUT2D eigenvalue weighted by atomic mass is 79.9. The van der Waals surface area contributed by atoms with Gasteiger partial charge in [0.25, 0.3) is 0 Å². The van der Waals surface area contributed by atoms with Crippen LogP contribution < -0.4 is 52.6 Å². The molecule has 4 rings (SSSR count). The number of rotatable bonds is 39. The van der Waals surface area contributed by atoms with Crippen molar-refractivity contribution in [1.29, 1.82) is 0 Å². The number of unbranched alkanes of at least 4 members (excludes halogenated alkanes) is 25. The predicted molar refractivity (Wildman–Crippen MR) is 252 cm³/mol. The van der Waals surface area contributed by atoms with E-state index in [4.69, 9.17) is 9.47 Å². The fourth-order valence-electron chi connectivity index (χ4n) is 8.34. The fraction of sp³-hybridized carbons (Fsp3) is 0.667. The van der Waals surface area contributed by atoms with E-state index in [9.17, 15) is 0 Å². The third-order valence-electron chi connectivity index (χ3n) is 12.2. The minimum Gasteiger partial charge on any atom is -1.00 e. The van der Waals surface area contributed by atoms with E-state index < -0.39 is 0 Å². The minimum absolute atomic E-state index is 0. The molecule has 8 heteroatoms. The number of imidazole rings is 2. The standard InChI is InChI=1S/C54H88N4O2.2BrH/c1-3-5-7-9-11-13-15-17-19-21-25-29-45-59-53-35-31-51(32-36-53)47-57-43-41-55(49-57)39-27-23-24-28-40-56-42-44-58(50-56)48-52-33-37-54(38-34-52)60-46-30-26-22-20-18-16-14-12-10-8-6-4-2;;/h31-38,41-44,49-50H,3-30,39-40,45-48H2,1-2H3;2*1H/q+2;;/p-2. The lowest BCUT2D eigenvalue weighted by atomic mass is 10.1. The van der Waals surface area contributed by atoms with Gasteiger partial charge in [0.05, 0.1) is 26.3 Å². The second-order valence-corrected chi connectivity index (χ2v) is 17.8.